The molecule has 1 aromatic carbocycles. The maximum Gasteiger partial charge on any atom is 0.231 e. The van der Waals surface area contributed by atoms with E-state index in [1.807, 2.05) is 65.4 Å². The molecule has 4 aromatic rings. The highest BCUT2D eigenvalue weighted by Gasteiger charge is 2.11. The van der Waals surface area contributed by atoms with Gasteiger partial charge in [-0.3, -0.25) is 9.20 Å². The number of anilines is 1. The fourth-order valence-corrected chi connectivity index (χ4v) is 4.25. The first-order valence-corrected chi connectivity index (χ1v) is 10.3. The van der Waals surface area contributed by atoms with Crippen LogP contribution in [0.15, 0.2) is 59.2 Å². The lowest BCUT2D eigenvalue weighted by molar-refractivity contribution is -0.115. The maximum absolute atomic E-state index is 12.2. The van der Waals surface area contributed by atoms with Gasteiger partial charge in [0.1, 0.15) is 5.01 Å². The Balaban J connectivity index is 1.34. The summed E-state index contributed by atoms with van der Waals surface area (Å²) >= 11 is 3.08. The molecule has 0 unspecified atom stereocenters. The predicted octanol–water partition coefficient (Wildman–Crippen LogP) is 3.97. The molecule has 0 saturated heterocycles. The fourth-order valence-electron chi connectivity index (χ4n) is 2.53. The van der Waals surface area contributed by atoms with E-state index in [1.165, 1.54) is 11.3 Å². The number of carbonyl (C=O) groups is 1. The molecule has 6 nitrogen and oxygen atoms in total. The highest BCUT2D eigenvalue weighted by atomic mass is 32.2. The molecule has 136 valence electrons. The Bertz CT molecular complexity index is 1070. The number of benzene rings is 1. The quantitative estimate of drug-likeness (QED) is 0.500. The lowest BCUT2D eigenvalue weighted by atomic mass is 10.2. The van der Waals surface area contributed by atoms with Crippen molar-refractivity contribution >= 4 is 40.3 Å². The summed E-state index contributed by atoms with van der Waals surface area (Å²) in [4.78, 5) is 16.8. The summed E-state index contributed by atoms with van der Waals surface area (Å²) in [6, 6.07) is 13.6. The number of hydrogen-bond donors (Lipinski definition) is 1. The molecule has 0 aliphatic heterocycles. The average molecular weight is 396 g/mol. The predicted molar refractivity (Wildman–Crippen MR) is 108 cm³/mol. The standard InChI is InChI=1S/C19H17N5OS2/c1-13-5-7-14(8-6-13)20-17(25)10-18-21-15(11-26-18)12-27-19-23-22-16-4-2-3-9-24(16)19/h2-9,11H,10,12H2,1H3,(H,20,25). The molecule has 0 spiro atoms. The SMILES string of the molecule is Cc1ccc(NC(=O)Cc2nc(CSc3nnc4ccccn34)cs2)cc1. The topological polar surface area (TPSA) is 72.2 Å². The number of amides is 1. The molecule has 1 amide bonds. The zero-order chi connectivity index (χ0) is 18.6. The van der Waals surface area contributed by atoms with Gasteiger partial charge < -0.3 is 5.32 Å². The largest absolute Gasteiger partial charge is 0.326 e. The van der Waals surface area contributed by atoms with Gasteiger partial charge in [-0.2, -0.15) is 0 Å². The Hall–Kier alpha value is -2.71. The van der Waals surface area contributed by atoms with E-state index >= 15 is 0 Å². The van der Waals surface area contributed by atoms with Crippen molar-refractivity contribution in [2.24, 2.45) is 0 Å². The summed E-state index contributed by atoms with van der Waals surface area (Å²) in [5.41, 5.74) is 3.73. The van der Waals surface area contributed by atoms with Crippen molar-refractivity contribution in [3.05, 3.63) is 70.3 Å². The smallest absolute Gasteiger partial charge is 0.231 e. The molecule has 0 atom stereocenters. The van der Waals surface area contributed by atoms with E-state index in [9.17, 15) is 4.79 Å². The van der Waals surface area contributed by atoms with E-state index in [0.717, 1.165) is 32.8 Å². The number of fused-ring (bicyclic) bond motifs is 1. The molecule has 0 aliphatic carbocycles. The molecule has 0 radical (unpaired) electrons. The lowest BCUT2D eigenvalue weighted by Crippen LogP contribution is -2.14. The molecule has 27 heavy (non-hydrogen) atoms. The van der Waals surface area contributed by atoms with Crippen LogP contribution in [0.1, 0.15) is 16.3 Å². The Morgan fingerprint density at radius 2 is 2.04 bits per heavy atom. The van der Waals surface area contributed by atoms with Crippen molar-refractivity contribution in [3.8, 4) is 0 Å². The summed E-state index contributed by atoms with van der Waals surface area (Å²) in [5.74, 6) is 0.627. The Kier molecular flexibility index (Phi) is 5.17. The summed E-state index contributed by atoms with van der Waals surface area (Å²) in [6.07, 6.45) is 2.22. The Labute approximate surface area is 164 Å². The Morgan fingerprint density at radius 1 is 1.19 bits per heavy atom. The molecule has 3 heterocycles. The number of rotatable bonds is 6. The Morgan fingerprint density at radius 3 is 2.89 bits per heavy atom. The summed E-state index contributed by atoms with van der Waals surface area (Å²) in [6.45, 7) is 2.02. The molecule has 0 aliphatic rings. The van der Waals surface area contributed by atoms with Gasteiger partial charge >= 0.3 is 0 Å². The zero-order valence-electron chi connectivity index (χ0n) is 14.6. The van der Waals surface area contributed by atoms with Crippen LogP contribution in [0.4, 0.5) is 5.69 Å². The minimum Gasteiger partial charge on any atom is -0.326 e. The minimum absolute atomic E-state index is 0.0594. The van der Waals surface area contributed by atoms with Gasteiger partial charge in [0, 0.05) is 23.0 Å². The first-order valence-electron chi connectivity index (χ1n) is 8.40. The third-order valence-electron chi connectivity index (χ3n) is 3.88. The maximum atomic E-state index is 12.2. The summed E-state index contributed by atoms with van der Waals surface area (Å²) < 4.78 is 1.95. The van der Waals surface area contributed by atoms with Gasteiger partial charge in [-0.15, -0.1) is 21.5 Å². The molecular formula is C19H17N5OS2. The molecular weight excluding hydrogens is 378 g/mol. The number of nitrogens with one attached hydrogen (secondary N) is 1. The van der Waals surface area contributed by atoms with E-state index in [4.69, 9.17) is 0 Å². The van der Waals surface area contributed by atoms with Crippen molar-refractivity contribution in [1.82, 2.24) is 19.6 Å². The number of hydrogen-bond acceptors (Lipinski definition) is 6. The number of pyridine rings is 1. The van der Waals surface area contributed by atoms with Gasteiger partial charge in [0.25, 0.3) is 0 Å². The van der Waals surface area contributed by atoms with Gasteiger partial charge in [0.05, 0.1) is 12.1 Å². The fraction of sp³-hybridized carbons (Fsp3) is 0.158. The van der Waals surface area contributed by atoms with Crippen molar-refractivity contribution in [1.29, 1.82) is 0 Å². The number of thioether (sulfide) groups is 1. The van der Waals surface area contributed by atoms with E-state index in [2.05, 4.69) is 20.5 Å². The van der Waals surface area contributed by atoms with Crippen LogP contribution in [0.25, 0.3) is 5.65 Å². The van der Waals surface area contributed by atoms with Crippen LogP contribution >= 0.6 is 23.1 Å². The second-order valence-corrected chi connectivity index (χ2v) is 7.91. The van der Waals surface area contributed by atoms with Crippen LogP contribution in [0.3, 0.4) is 0 Å². The molecule has 0 fully saturated rings. The molecule has 1 N–H and O–H groups in total. The van der Waals surface area contributed by atoms with Gasteiger partial charge in [0.2, 0.25) is 5.91 Å². The van der Waals surface area contributed by atoms with Crippen LogP contribution in [0.2, 0.25) is 0 Å². The monoisotopic (exact) mass is 395 g/mol. The molecule has 0 bridgehead atoms. The zero-order valence-corrected chi connectivity index (χ0v) is 16.3. The van der Waals surface area contributed by atoms with Crippen molar-refractivity contribution < 1.29 is 4.79 Å². The summed E-state index contributed by atoms with van der Waals surface area (Å²) in [5, 5.41) is 14.9. The third kappa shape index (κ3) is 4.35. The van der Waals surface area contributed by atoms with Crippen LogP contribution in [0, 0.1) is 6.92 Å². The molecule has 8 heteroatoms. The van der Waals surface area contributed by atoms with Crippen LogP contribution in [-0.2, 0) is 17.0 Å². The number of nitrogens with zero attached hydrogens (tertiary/aromatic N) is 4. The first-order chi connectivity index (χ1) is 13.2. The van der Waals surface area contributed by atoms with Gasteiger partial charge in [0.15, 0.2) is 10.8 Å². The number of aromatic nitrogens is 4. The second kappa shape index (κ2) is 7.89. The van der Waals surface area contributed by atoms with Crippen molar-refractivity contribution in [2.75, 3.05) is 5.32 Å². The second-order valence-electron chi connectivity index (χ2n) is 6.02. The highest BCUT2D eigenvalue weighted by molar-refractivity contribution is 7.98. The van der Waals surface area contributed by atoms with E-state index in [0.29, 0.717) is 5.75 Å². The molecule has 3 aromatic heterocycles. The van der Waals surface area contributed by atoms with Crippen LogP contribution in [-0.4, -0.2) is 25.5 Å². The number of thiazole rings is 1. The van der Waals surface area contributed by atoms with E-state index in [-0.39, 0.29) is 12.3 Å². The van der Waals surface area contributed by atoms with Gasteiger partial charge in [-0.25, -0.2) is 4.98 Å². The van der Waals surface area contributed by atoms with Crippen molar-refractivity contribution in [3.63, 3.8) is 0 Å². The van der Waals surface area contributed by atoms with Crippen LogP contribution in [0.5, 0.6) is 0 Å². The van der Waals surface area contributed by atoms with Crippen molar-refractivity contribution in [2.45, 2.75) is 24.3 Å². The third-order valence-corrected chi connectivity index (χ3v) is 5.75. The lowest BCUT2D eigenvalue weighted by Gasteiger charge is -2.04. The molecule has 0 saturated carbocycles. The number of aryl methyl sites for hydroxylation is 1. The summed E-state index contributed by atoms with van der Waals surface area (Å²) in [7, 11) is 0. The normalized spacial score (nSPS) is 11.0. The van der Waals surface area contributed by atoms with Gasteiger partial charge in [-0.05, 0) is 31.2 Å². The van der Waals surface area contributed by atoms with E-state index < -0.39 is 0 Å². The molecule has 4 rings (SSSR count). The van der Waals surface area contributed by atoms with Crippen LogP contribution < -0.4 is 5.32 Å². The average Bonchev–Trinajstić information content (AvgIpc) is 3.28. The minimum atomic E-state index is -0.0594. The highest BCUT2D eigenvalue weighted by Crippen LogP contribution is 2.23. The first kappa shape index (κ1) is 17.7. The van der Waals surface area contributed by atoms with Gasteiger partial charge in [-0.1, -0.05) is 35.5 Å². The van der Waals surface area contributed by atoms with E-state index in [1.54, 1.807) is 11.8 Å². The number of carbonyl (C=O) groups excluding carboxylic acids is 1.